The zero-order chi connectivity index (χ0) is 58.8. The van der Waals surface area contributed by atoms with Crippen LogP contribution in [0.4, 0.5) is 52.7 Å². The summed E-state index contributed by atoms with van der Waals surface area (Å²) in [6.45, 7) is 3.45. The first kappa shape index (κ1) is 58.0. The fourth-order valence-corrected chi connectivity index (χ4v) is 13.5. The molecular weight excluding hydrogens is 1180 g/mol. The molecule has 2 aromatic heterocycles. The molecule has 80 heavy (non-hydrogen) atoms. The van der Waals surface area contributed by atoms with Gasteiger partial charge in [0, 0.05) is 48.1 Å². The van der Waals surface area contributed by atoms with E-state index in [9.17, 15) is 95.9 Å². The maximum Gasteiger partial charge on any atom is 0.534 e. The molecule has 4 aromatic carbocycles. The van der Waals surface area contributed by atoms with Crippen LogP contribution < -0.4 is 8.37 Å². The number of likely N-dealkylation sites (tertiary alicyclic amines) is 2. The maximum absolute atomic E-state index is 13.6. The summed E-state index contributed by atoms with van der Waals surface area (Å²) in [5, 5.41) is 0. The van der Waals surface area contributed by atoms with Gasteiger partial charge in [-0.05, 0) is 134 Å². The molecule has 10 rings (SSSR count). The summed E-state index contributed by atoms with van der Waals surface area (Å²) in [6, 6.07) is 11.2. The maximum atomic E-state index is 13.6. The Balaban J connectivity index is 0.000000194. The number of piperidine rings is 2. The van der Waals surface area contributed by atoms with Gasteiger partial charge >= 0.3 is 62.3 Å². The summed E-state index contributed by atoms with van der Waals surface area (Å²) in [5.41, 5.74) is -20.5. The van der Waals surface area contributed by atoms with Crippen molar-refractivity contribution in [1.29, 1.82) is 0 Å². The lowest BCUT2D eigenvalue weighted by atomic mass is 9.86. The van der Waals surface area contributed by atoms with E-state index in [0.717, 1.165) is 29.8 Å². The smallest absolute Gasteiger partial charge is 0.376 e. The highest BCUT2D eigenvalue weighted by Gasteiger charge is 2.52. The Morgan fingerprint density at radius 3 is 1.34 bits per heavy atom. The summed E-state index contributed by atoms with van der Waals surface area (Å²) in [4.78, 5) is 37.5. The number of hydrogen-bond acceptors (Lipinski definition) is 14. The first-order valence-corrected chi connectivity index (χ1v) is 29.0. The predicted octanol–water partition coefficient (Wildman–Crippen LogP) is 8.43. The number of carbonyl (C=O) groups is 2. The second-order valence-corrected chi connectivity index (χ2v) is 25.6. The first-order valence-electron chi connectivity index (χ1n) is 23.3. The van der Waals surface area contributed by atoms with E-state index in [4.69, 9.17) is 0 Å². The van der Waals surface area contributed by atoms with Gasteiger partial charge in [0.25, 0.3) is 11.8 Å². The van der Waals surface area contributed by atoms with E-state index < -0.39 is 103 Å². The largest absolute Gasteiger partial charge is 0.534 e. The molecule has 2 unspecified atom stereocenters. The predicted molar refractivity (Wildman–Crippen MR) is 255 cm³/mol. The Morgan fingerprint density at radius 2 is 0.912 bits per heavy atom. The molecule has 6 aromatic rings. The second-order valence-electron chi connectivity index (χ2n) is 18.9. The fourth-order valence-electron chi connectivity index (χ4n) is 10.9. The average molecular weight is 1220 g/mol. The topological polar surface area (TPSA) is 231 Å². The molecule has 0 radical (unpaired) electrons. The van der Waals surface area contributed by atoms with Gasteiger partial charge in [-0.1, -0.05) is 12.1 Å². The average Bonchev–Trinajstić information content (AvgIpc) is 4.20. The van der Waals surface area contributed by atoms with Crippen LogP contribution >= 0.6 is 0 Å². The molecule has 4 aliphatic rings. The van der Waals surface area contributed by atoms with Crippen molar-refractivity contribution in [3.05, 3.63) is 118 Å². The molecule has 2 aliphatic heterocycles. The van der Waals surface area contributed by atoms with Crippen molar-refractivity contribution in [3.63, 3.8) is 0 Å². The molecule has 2 amide bonds. The summed E-state index contributed by atoms with van der Waals surface area (Å²) < 4.78 is 258. The number of rotatable bonds is 8. The Kier molecular flexibility index (Phi) is 14.1. The number of aromatic nitrogens is 4. The molecule has 432 valence electrons. The molecule has 0 saturated carbocycles. The van der Waals surface area contributed by atoms with Gasteiger partial charge in [0.05, 0.1) is 22.1 Å². The molecule has 2 saturated heterocycles. The van der Waals surface area contributed by atoms with Crippen molar-refractivity contribution in [1.82, 2.24) is 27.7 Å². The van der Waals surface area contributed by atoms with E-state index in [0.29, 0.717) is 74.4 Å². The van der Waals surface area contributed by atoms with E-state index in [1.807, 2.05) is 0 Å². The van der Waals surface area contributed by atoms with E-state index in [1.54, 1.807) is 4.90 Å². The van der Waals surface area contributed by atoms with E-state index in [2.05, 4.69) is 18.3 Å². The number of imidazole rings is 2. The number of amides is 2. The second kappa shape index (κ2) is 19.5. The highest BCUT2D eigenvalue weighted by molar-refractivity contribution is 7.91. The summed E-state index contributed by atoms with van der Waals surface area (Å²) >= 11 is 0. The van der Waals surface area contributed by atoms with Crippen LogP contribution in [0.1, 0.15) is 91.6 Å². The van der Waals surface area contributed by atoms with Crippen molar-refractivity contribution >= 4 is 74.2 Å². The van der Waals surface area contributed by atoms with Gasteiger partial charge in [-0.2, -0.15) is 86.4 Å². The number of hydrogen-bond donors (Lipinski definition) is 0. The normalized spacial score (nSPS) is 19.9. The Bertz CT molecular complexity index is 4010. The molecular formula is C46H38F12N6O12S4. The third-order valence-electron chi connectivity index (χ3n) is 14.4. The standard InChI is InChI=1S/2C23H19F6N3O6S2/c1-12-19(38-40(36,37)23(27,28)29)7-5-13-10-18-15(20(12)13)3-2-8-31(18)21(33)14-4-6-17-16(9-14)30-11-32(17)39(34,35)22(24,25)26;1-12-19(38-40(36,37)23(27,28)29)7-5-13-9-17-15(20(12)13)3-2-8-31(17)21(33)14-4-6-16-18(10-14)32(11-30-16)39(34,35)22(24,25)26/h4-7,9,11,15,18H,2-3,8,10H2,1H3;4-7,10-11,15,17H,2-3,8-9H2,1H3/t15?,18-;15?,17-/m00/s1. The van der Waals surface area contributed by atoms with Crippen molar-refractivity contribution in [3.8, 4) is 11.5 Å². The third-order valence-corrected chi connectivity index (χ3v) is 19.1. The van der Waals surface area contributed by atoms with Crippen LogP contribution in [0.2, 0.25) is 0 Å². The number of fused-ring (bicyclic) bond motifs is 8. The van der Waals surface area contributed by atoms with Gasteiger partial charge in [-0.15, -0.1) is 0 Å². The number of benzene rings is 4. The van der Waals surface area contributed by atoms with Gasteiger partial charge in [-0.25, -0.2) is 17.9 Å². The molecule has 2 fully saturated rings. The molecule has 34 heteroatoms. The first-order chi connectivity index (χ1) is 36.9. The quantitative estimate of drug-likeness (QED) is 0.0791. The number of halogens is 12. The Hall–Kier alpha value is -6.68. The van der Waals surface area contributed by atoms with Crippen LogP contribution in [-0.4, -0.2) is 120 Å². The minimum atomic E-state index is -5.90. The van der Waals surface area contributed by atoms with Crippen LogP contribution in [0.5, 0.6) is 11.5 Å². The molecule has 18 nitrogen and oxygen atoms in total. The highest BCUT2D eigenvalue weighted by Crippen LogP contribution is 2.49. The lowest BCUT2D eigenvalue weighted by molar-refractivity contribution is -0.0505. The molecule has 4 heterocycles. The van der Waals surface area contributed by atoms with Crippen LogP contribution in [0, 0.1) is 13.8 Å². The summed E-state index contributed by atoms with van der Waals surface area (Å²) in [5.74, 6) is -2.73. The zero-order valence-corrected chi connectivity index (χ0v) is 43.9. The minimum Gasteiger partial charge on any atom is -0.376 e. The minimum absolute atomic E-state index is 0.0114. The van der Waals surface area contributed by atoms with E-state index in [-0.39, 0.29) is 65.1 Å². The monoisotopic (exact) mass is 1220 g/mol. The molecule has 0 bridgehead atoms. The van der Waals surface area contributed by atoms with Gasteiger partial charge < -0.3 is 18.2 Å². The lowest BCUT2D eigenvalue weighted by Gasteiger charge is -2.38. The number of carbonyl (C=O) groups excluding carboxylic acids is 2. The summed E-state index contributed by atoms with van der Waals surface area (Å²) in [7, 11) is -23.3. The van der Waals surface area contributed by atoms with Gasteiger partial charge in [0.2, 0.25) is 0 Å². The van der Waals surface area contributed by atoms with Crippen molar-refractivity contribution in [2.45, 2.75) is 98.3 Å². The van der Waals surface area contributed by atoms with Crippen LogP contribution in [0.3, 0.4) is 0 Å². The van der Waals surface area contributed by atoms with E-state index >= 15 is 0 Å². The third kappa shape index (κ3) is 9.84. The number of nitrogens with zero attached hydrogens (tertiary/aromatic N) is 6. The number of alkyl halides is 12. The van der Waals surface area contributed by atoms with Crippen LogP contribution in [-0.2, 0) is 53.1 Å². The van der Waals surface area contributed by atoms with Gasteiger partial charge in [-0.3, -0.25) is 9.59 Å². The van der Waals surface area contributed by atoms with E-state index in [1.165, 1.54) is 55.1 Å². The Labute approximate surface area is 445 Å². The van der Waals surface area contributed by atoms with Gasteiger partial charge in [0.1, 0.15) is 24.2 Å². The molecule has 0 spiro atoms. The van der Waals surface area contributed by atoms with Crippen molar-refractivity contribution < 1.29 is 104 Å². The SMILES string of the molecule is Cc1c(OS(=O)(=O)C(F)(F)F)ccc2c1C1CCCN(C(=O)c3ccc4c(c3)ncn4S(=O)(=O)C(F)(F)F)[C@H]1C2.Cc1c(OS(=O)(=O)C(F)(F)F)ccc2c1C1CCCN(C(=O)c3ccc4ncn(S(=O)(=O)C(F)(F)F)c4c3)[C@H]1C2. The zero-order valence-electron chi connectivity index (χ0n) is 40.6. The van der Waals surface area contributed by atoms with Crippen molar-refractivity contribution in [2.75, 3.05) is 13.1 Å². The fraction of sp³-hybridized carbons (Fsp3) is 0.391. The van der Waals surface area contributed by atoms with Crippen LogP contribution in [0.25, 0.3) is 22.1 Å². The molecule has 2 aliphatic carbocycles. The van der Waals surface area contributed by atoms with Crippen molar-refractivity contribution in [2.24, 2.45) is 0 Å². The van der Waals surface area contributed by atoms with Crippen LogP contribution in [0.15, 0.2) is 73.3 Å². The molecule has 0 N–H and O–H groups in total. The van der Waals surface area contributed by atoms with Gasteiger partial charge in [0.15, 0.2) is 0 Å². The highest BCUT2D eigenvalue weighted by atomic mass is 32.2. The molecule has 4 atom stereocenters. The Morgan fingerprint density at radius 1 is 0.512 bits per heavy atom. The summed E-state index contributed by atoms with van der Waals surface area (Å²) in [6.07, 6.45) is 3.73. The lowest BCUT2D eigenvalue weighted by Crippen LogP contribution is -2.46.